The van der Waals surface area contributed by atoms with Crippen LogP contribution in [-0.2, 0) is 6.42 Å². The molecule has 156 valence electrons. The van der Waals surface area contributed by atoms with Crippen LogP contribution in [0.1, 0.15) is 18.4 Å². The fraction of sp³-hybridized carbons (Fsp3) is 0.360. The molecule has 1 aliphatic rings. The van der Waals surface area contributed by atoms with Crippen molar-refractivity contribution in [2.24, 2.45) is 0 Å². The molecule has 0 spiro atoms. The topological polar surface area (TPSA) is 31.5 Å². The monoisotopic (exact) mass is 419 g/mol. The van der Waals surface area contributed by atoms with E-state index < -0.39 is 0 Å². The summed E-state index contributed by atoms with van der Waals surface area (Å²) in [5.41, 5.74) is 4.00. The van der Waals surface area contributed by atoms with E-state index in [4.69, 9.17) is 4.74 Å². The molecular formula is C25H29N3OS. The molecule has 0 atom stereocenters. The van der Waals surface area contributed by atoms with E-state index in [2.05, 4.69) is 62.8 Å². The summed E-state index contributed by atoms with van der Waals surface area (Å²) in [4.78, 5) is 8.58. The highest BCUT2D eigenvalue weighted by atomic mass is 32.1. The number of anilines is 1. The lowest BCUT2D eigenvalue weighted by Crippen LogP contribution is -2.46. The first kappa shape index (κ1) is 19.5. The van der Waals surface area contributed by atoms with Gasteiger partial charge in [-0.3, -0.25) is 4.90 Å². The molecule has 3 heterocycles. The molecule has 30 heavy (non-hydrogen) atoms. The van der Waals surface area contributed by atoms with Gasteiger partial charge in [-0.15, -0.1) is 11.3 Å². The van der Waals surface area contributed by atoms with Crippen LogP contribution in [0.4, 0.5) is 5.69 Å². The van der Waals surface area contributed by atoms with Crippen molar-refractivity contribution in [2.75, 3.05) is 44.7 Å². The molecule has 1 fully saturated rings. The normalized spacial score (nSPS) is 15.3. The van der Waals surface area contributed by atoms with Crippen LogP contribution in [0.3, 0.4) is 0 Å². The first-order valence-electron chi connectivity index (χ1n) is 10.9. The van der Waals surface area contributed by atoms with Gasteiger partial charge in [-0.1, -0.05) is 6.07 Å². The lowest BCUT2D eigenvalue weighted by Gasteiger charge is -2.36. The molecule has 2 aromatic carbocycles. The number of piperazine rings is 1. The van der Waals surface area contributed by atoms with Crippen molar-refractivity contribution in [3.05, 3.63) is 59.6 Å². The van der Waals surface area contributed by atoms with E-state index in [1.165, 1.54) is 51.6 Å². The summed E-state index contributed by atoms with van der Waals surface area (Å²) < 4.78 is 6.78. The number of hydrogen-bond acceptors (Lipinski definition) is 4. The summed E-state index contributed by atoms with van der Waals surface area (Å²) in [6.45, 7) is 5.76. The van der Waals surface area contributed by atoms with Crippen LogP contribution in [0, 0.1) is 0 Å². The molecule has 0 saturated carbocycles. The number of rotatable bonds is 7. The zero-order valence-corrected chi connectivity index (χ0v) is 18.4. The Hall–Kier alpha value is -2.50. The van der Waals surface area contributed by atoms with E-state index in [1.807, 2.05) is 17.4 Å². The highest BCUT2D eigenvalue weighted by Crippen LogP contribution is 2.31. The highest BCUT2D eigenvalue weighted by Gasteiger charge is 2.18. The third-order valence-corrected chi connectivity index (χ3v) is 7.21. The van der Waals surface area contributed by atoms with Gasteiger partial charge in [0.25, 0.3) is 0 Å². The number of thiophene rings is 1. The Kier molecular flexibility index (Phi) is 5.65. The molecule has 1 aliphatic heterocycles. The van der Waals surface area contributed by atoms with E-state index in [-0.39, 0.29) is 0 Å². The smallest absolute Gasteiger partial charge is 0.119 e. The van der Waals surface area contributed by atoms with E-state index in [9.17, 15) is 0 Å². The van der Waals surface area contributed by atoms with Gasteiger partial charge < -0.3 is 14.6 Å². The number of methoxy groups -OCH3 is 1. The standard InChI is InChI=1S/C25H29N3OS/c1-29-20-8-9-23-22(17-20)19(18-26-23)5-2-3-11-27-12-14-28(15-13-27)24-6-4-7-25-21(24)10-16-30-25/h4,6-10,16-18,26H,2-3,5,11-15H2,1H3. The van der Waals surface area contributed by atoms with Gasteiger partial charge in [0.05, 0.1) is 7.11 Å². The summed E-state index contributed by atoms with van der Waals surface area (Å²) in [6, 6.07) is 15.2. The van der Waals surface area contributed by atoms with Gasteiger partial charge in [0.1, 0.15) is 5.75 Å². The van der Waals surface area contributed by atoms with Crippen LogP contribution in [0.15, 0.2) is 54.0 Å². The summed E-state index contributed by atoms with van der Waals surface area (Å²) >= 11 is 1.83. The number of nitrogens with one attached hydrogen (secondary N) is 1. The van der Waals surface area contributed by atoms with Gasteiger partial charge >= 0.3 is 0 Å². The van der Waals surface area contributed by atoms with Crippen LogP contribution in [0.5, 0.6) is 5.75 Å². The van der Waals surface area contributed by atoms with Crippen LogP contribution >= 0.6 is 11.3 Å². The predicted molar refractivity (Wildman–Crippen MR) is 128 cm³/mol. The van der Waals surface area contributed by atoms with E-state index in [0.717, 1.165) is 38.3 Å². The van der Waals surface area contributed by atoms with Crippen molar-refractivity contribution in [3.8, 4) is 5.75 Å². The van der Waals surface area contributed by atoms with Gasteiger partial charge in [-0.25, -0.2) is 0 Å². The number of aromatic amines is 1. The minimum Gasteiger partial charge on any atom is -0.497 e. The third kappa shape index (κ3) is 3.92. The molecule has 0 bridgehead atoms. The second kappa shape index (κ2) is 8.70. The maximum Gasteiger partial charge on any atom is 0.119 e. The van der Waals surface area contributed by atoms with Crippen molar-refractivity contribution in [2.45, 2.75) is 19.3 Å². The zero-order chi connectivity index (χ0) is 20.3. The minimum absolute atomic E-state index is 0.930. The number of aromatic nitrogens is 1. The average molecular weight is 420 g/mol. The second-order valence-electron chi connectivity index (χ2n) is 8.12. The van der Waals surface area contributed by atoms with Gasteiger partial charge in [-0.05, 0) is 73.1 Å². The Bertz CT molecular complexity index is 1120. The van der Waals surface area contributed by atoms with Crippen molar-refractivity contribution in [1.29, 1.82) is 0 Å². The fourth-order valence-electron chi connectivity index (χ4n) is 4.61. The van der Waals surface area contributed by atoms with Crippen molar-refractivity contribution < 1.29 is 4.74 Å². The second-order valence-corrected chi connectivity index (χ2v) is 9.07. The molecule has 2 aromatic heterocycles. The third-order valence-electron chi connectivity index (χ3n) is 6.33. The maximum absolute atomic E-state index is 5.39. The summed E-state index contributed by atoms with van der Waals surface area (Å²) in [5, 5.41) is 4.91. The number of benzene rings is 2. The molecular weight excluding hydrogens is 390 g/mol. The number of fused-ring (bicyclic) bond motifs is 2. The Balaban J connectivity index is 1.11. The zero-order valence-electron chi connectivity index (χ0n) is 17.6. The van der Waals surface area contributed by atoms with E-state index in [0.29, 0.717) is 0 Å². The summed E-state index contributed by atoms with van der Waals surface area (Å²) in [5.74, 6) is 0.930. The molecule has 5 rings (SSSR count). The van der Waals surface area contributed by atoms with E-state index >= 15 is 0 Å². The lowest BCUT2D eigenvalue weighted by atomic mass is 10.1. The number of nitrogens with zero attached hydrogens (tertiary/aromatic N) is 2. The van der Waals surface area contributed by atoms with Gasteiger partial charge in [0.15, 0.2) is 0 Å². The molecule has 4 nitrogen and oxygen atoms in total. The van der Waals surface area contributed by atoms with Crippen molar-refractivity contribution >= 4 is 38.0 Å². The Labute approximate surface area is 182 Å². The first-order valence-corrected chi connectivity index (χ1v) is 11.8. The Morgan fingerprint density at radius 1 is 1.00 bits per heavy atom. The average Bonchev–Trinajstić information content (AvgIpc) is 3.43. The largest absolute Gasteiger partial charge is 0.497 e. The summed E-state index contributed by atoms with van der Waals surface area (Å²) in [7, 11) is 1.73. The van der Waals surface area contributed by atoms with Crippen LogP contribution < -0.4 is 9.64 Å². The van der Waals surface area contributed by atoms with Gasteiger partial charge in [0.2, 0.25) is 0 Å². The number of aryl methyl sites for hydroxylation is 1. The molecule has 0 amide bonds. The first-order chi connectivity index (χ1) is 14.8. The Morgan fingerprint density at radius 2 is 1.90 bits per heavy atom. The molecule has 1 N–H and O–H groups in total. The van der Waals surface area contributed by atoms with E-state index in [1.54, 1.807) is 7.11 Å². The molecule has 4 aromatic rings. The highest BCUT2D eigenvalue weighted by molar-refractivity contribution is 7.17. The van der Waals surface area contributed by atoms with Crippen molar-refractivity contribution in [3.63, 3.8) is 0 Å². The van der Waals surface area contributed by atoms with Crippen LogP contribution in [0.2, 0.25) is 0 Å². The molecule has 0 unspecified atom stereocenters. The van der Waals surface area contributed by atoms with Crippen LogP contribution in [0.25, 0.3) is 21.0 Å². The fourth-order valence-corrected chi connectivity index (χ4v) is 5.42. The molecule has 0 aliphatic carbocycles. The van der Waals surface area contributed by atoms with Crippen LogP contribution in [-0.4, -0.2) is 49.7 Å². The van der Waals surface area contributed by atoms with Gasteiger partial charge in [-0.2, -0.15) is 0 Å². The molecule has 5 heteroatoms. The SMILES string of the molecule is COc1ccc2[nH]cc(CCCCN3CCN(c4cccc5sccc45)CC3)c2c1. The lowest BCUT2D eigenvalue weighted by molar-refractivity contribution is 0.253. The number of unbranched alkanes of at least 4 members (excludes halogenated alkanes) is 1. The molecule has 1 saturated heterocycles. The number of hydrogen-bond donors (Lipinski definition) is 1. The van der Waals surface area contributed by atoms with Crippen molar-refractivity contribution in [1.82, 2.24) is 9.88 Å². The maximum atomic E-state index is 5.39. The summed E-state index contributed by atoms with van der Waals surface area (Å²) in [6.07, 6.45) is 5.75. The molecule has 0 radical (unpaired) electrons. The number of ether oxygens (including phenoxy) is 1. The predicted octanol–water partition coefficient (Wildman–Crippen LogP) is 5.54. The Morgan fingerprint density at radius 3 is 2.77 bits per heavy atom. The van der Waals surface area contributed by atoms with Gasteiger partial charge in [0, 0.05) is 59.1 Å². The number of H-pyrrole nitrogens is 1. The minimum atomic E-state index is 0.930. The quantitative estimate of drug-likeness (QED) is 0.399.